The normalized spacial score (nSPS) is 24.2. The molecule has 3 heterocycles. The van der Waals surface area contributed by atoms with Crippen molar-refractivity contribution in [3.63, 3.8) is 0 Å². The summed E-state index contributed by atoms with van der Waals surface area (Å²) in [6.45, 7) is 0.972. The molecule has 1 fully saturated rings. The topological polar surface area (TPSA) is 223 Å². The molecule has 1 radical (unpaired) electrons. The Morgan fingerprint density at radius 1 is 1.31 bits per heavy atom. The maximum absolute atomic E-state index is 10.8. The fraction of sp³-hybridized carbons (Fsp3) is 0.588. The zero-order chi connectivity index (χ0) is 23.3. The molecule has 32 heavy (non-hydrogen) atoms. The van der Waals surface area contributed by atoms with Crippen LogP contribution in [0, 0.1) is 0 Å². The minimum atomic E-state index is -1.16. The number of imidazole rings is 1. The van der Waals surface area contributed by atoms with Crippen molar-refractivity contribution in [2.45, 2.75) is 43.9 Å². The van der Waals surface area contributed by atoms with E-state index in [0.29, 0.717) is 29.1 Å². The Kier molecular flexibility index (Phi) is 10.9. The maximum atomic E-state index is 10.8. The number of aliphatic hydroxyl groups excluding tert-OH is 2. The summed E-state index contributed by atoms with van der Waals surface area (Å²) in [7, 11) is -0.235. The van der Waals surface area contributed by atoms with Crippen LogP contribution in [0.1, 0.15) is 19.6 Å². The van der Waals surface area contributed by atoms with E-state index < -0.39 is 42.5 Å². The molecule has 1 unspecified atom stereocenters. The number of nitrogens with two attached hydrogens (primary N) is 2. The van der Waals surface area contributed by atoms with Crippen molar-refractivity contribution in [1.82, 2.24) is 19.5 Å². The SMILES string of the molecule is CC(=O)[O-].C[S+](CC[C@H](N)C(=O)O)C[C@H]1O[C@@H](n2cnc3c(N)ncnc32)[C@H](O)[C@@H]1O.[Li]. The molecule has 0 saturated carbocycles. The molecule has 3 rings (SSSR count). The number of nitrogen functional groups attached to an aromatic ring is 1. The maximum Gasteiger partial charge on any atom is 0.320 e. The first kappa shape index (κ1) is 28.1. The molecule has 0 spiro atoms. The first-order valence-electron chi connectivity index (χ1n) is 9.22. The summed E-state index contributed by atoms with van der Waals surface area (Å²) in [4.78, 5) is 31.8. The van der Waals surface area contributed by atoms with Crippen molar-refractivity contribution in [3.05, 3.63) is 12.7 Å². The van der Waals surface area contributed by atoms with E-state index in [9.17, 15) is 15.0 Å². The van der Waals surface area contributed by atoms with Gasteiger partial charge in [-0.25, -0.2) is 15.0 Å². The fourth-order valence-corrected chi connectivity index (χ4v) is 4.63. The third-order valence-electron chi connectivity index (χ3n) is 4.54. The summed E-state index contributed by atoms with van der Waals surface area (Å²) < 4.78 is 7.41. The number of rotatable bonds is 7. The van der Waals surface area contributed by atoms with Crippen LogP contribution in [0.3, 0.4) is 0 Å². The largest absolute Gasteiger partial charge is 0.550 e. The van der Waals surface area contributed by atoms with Gasteiger partial charge in [0.25, 0.3) is 0 Å². The van der Waals surface area contributed by atoms with Crippen LogP contribution in [0.2, 0.25) is 0 Å². The molecule has 13 nitrogen and oxygen atoms in total. The van der Waals surface area contributed by atoms with Gasteiger partial charge in [-0.3, -0.25) is 9.36 Å². The predicted octanol–water partition coefficient (Wildman–Crippen LogP) is -3.55. The first-order valence-corrected chi connectivity index (χ1v) is 11.2. The van der Waals surface area contributed by atoms with E-state index in [1.165, 1.54) is 17.2 Å². The molecule has 7 N–H and O–H groups in total. The Morgan fingerprint density at radius 2 is 1.94 bits per heavy atom. The van der Waals surface area contributed by atoms with Gasteiger partial charge in [-0.15, -0.1) is 0 Å². The average Bonchev–Trinajstić information content (AvgIpc) is 3.23. The molecule has 6 atom stereocenters. The summed E-state index contributed by atoms with van der Waals surface area (Å²) in [6, 6.07) is -0.907. The number of nitrogens with zero attached hydrogens (tertiary/aromatic N) is 4. The molecule has 0 aliphatic carbocycles. The molecule has 1 saturated heterocycles. The minimum Gasteiger partial charge on any atom is -0.550 e. The van der Waals surface area contributed by atoms with E-state index in [1.807, 2.05) is 6.26 Å². The predicted molar refractivity (Wildman–Crippen MR) is 115 cm³/mol. The van der Waals surface area contributed by atoms with Crippen LogP contribution >= 0.6 is 0 Å². The van der Waals surface area contributed by atoms with Crippen LogP contribution in [0.25, 0.3) is 11.2 Å². The Morgan fingerprint density at radius 3 is 2.53 bits per heavy atom. The van der Waals surface area contributed by atoms with Gasteiger partial charge in [0.2, 0.25) is 0 Å². The van der Waals surface area contributed by atoms with Gasteiger partial charge in [-0.05, 0) is 17.8 Å². The number of carbonyl (C=O) groups is 2. The van der Waals surface area contributed by atoms with Gasteiger partial charge in [-0.1, -0.05) is 0 Å². The number of ether oxygens (including phenoxy) is 1. The molecular weight excluding hydrogens is 439 g/mol. The summed E-state index contributed by atoms with van der Waals surface area (Å²) in [5.41, 5.74) is 12.1. The number of anilines is 1. The van der Waals surface area contributed by atoms with Gasteiger partial charge in [0, 0.05) is 31.3 Å². The van der Waals surface area contributed by atoms with E-state index in [4.69, 9.17) is 31.2 Å². The van der Waals surface area contributed by atoms with E-state index in [1.54, 1.807) is 0 Å². The molecule has 15 heteroatoms. The fourth-order valence-electron chi connectivity index (χ4n) is 2.97. The number of aliphatic hydroxyl groups is 2. The number of carboxylic acid groups (broad SMARTS) is 2. The summed E-state index contributed by atoms with van der Waals surface area (Å²) in [5, 5.41) is 38.6. The van der Waals surface area contributed by atoms with Crippen molar-refractivity contribution < 1.29 is 34.8 Å². The Hall–Kier alpha value is -1.92. The second-order valence-corrected chi connectivity index (χ2v) is 9.31. The van der Waals surface area contributed by atoms with Crippen molar-refractivity contribution in [2.75, 3.05) is 23.5 Å². The van der Waals surface area contributed by atoms with Crippen molar-refractivity contribution in [1.29, 1.82) is 0 Å². The van der Waals surface area contributed by atoms with E-state index in [2.05, 4.69) is 15.0 Å². The monoisotopic (exact) mass is 465 g/mol. The minimum absolute atomic E-state index is 0. The molecule has 0 aromatic carbocycles. The second-order valence-electron chi connectivity index (χ2n) is 7.01. The third kappa shape index (κ3) is 7.04. The Balaban J connectivity index is 0.000000945. The summed E-state index contributed by atoms with van der Waals surface area (Å²) in [5.74, 6) is -0.829. The Bertz CT molecular complexity index is 915. The molecule has 0 amide bonds. The number of aliphatic carboxylic acids is 2. The number of carbonyl (C=O) groups excluding carboxylic acids is 1. The van der Waals surface area contributed by atoms with Gasteiger partial charge in [-0.2, -0.15) is 0 Å². The quantitative estimate of drug-likeness (QED) is 0.198. The molecule has 2 aromatic heterocycles. The molecule has 0 bridgehead atoms. The van der Waals surface area contributed by atoms with Crippen molar-refractivity contribution >= 4 is 58.7 Å². The molecule has 1 aliphatic rings. The summed E-state index contributed by atoms with van der Waals surface area (Å²) >= 11 is 0. The second kappa shape index (κ2) is 12.4. The number of hydrogen-bond acceptors (Lipinski definition) is 11. The standard InChI is InChI=1S/C15H22N6O5S.C2H4O2.Li/c1-27(3-2-7(16)15(24)25)4-8-10(22)11(23)14(26-8)21-6-20-9-12(17)18-5-19-13(9)21;1-2(3)4;/h5-8,10-11,14,22-23H,2-4,16H2,1H3,(H2-,17,18,19,24,25);1H3,(H,3,4);/t7-,8+,10+,11+,14+,27?;;/m0../s1. The van der Waals surface area contributed by atoms with Crippen LogP contribution in [-0.2, 0) is 25.2 Å². The molecule has 1 aliphatic heterocycles. The van der Waals surface area contributed by atoms with E-state index in [0.717, 1.165) is 6.92 Å². The van der Waals surface area contributed by atoms with Crippen molar-refractivity contribution in [3.8, 4) is 0 Å². The number of hydrogen-bond donors (Lipinski definition) is 5. The number of fused-ring (bicyclic) bond motifs is 1. The van der Waals surface area contributed by atoms with Crippen LogP contribution in [-0.4, -0.2) is 108 Å². The van der Waals surface area contributed by atoms with E-state index >= 15 is 0 Å². The third-order valence-corrected chi connectivity index (χ3v) is 6.37. The van der Waals surface area contributed by atoms with Crippen LogP contribution in [0.4, 0.5) is 5.82 Å². The van der Waals surface area contributed by atoms with Crippen molar-refractivity contribution in [2.24, 2.45) is 5.73 Å². The van der Waals surface area contributed by atoms with Gasteiger partial charge >= 0.3 is 5.97 Å². The summed E-state index contributed by atoms with van der Waals surface area (Å²) in [6.07, 6.45) is 1.31. The average molecular weight is 465 g/mol. The molecular formula is C17H26LiN6O7S. The number of aromatic nitrogens is 4. The number of carboxylic acids is 2. The smallest absolute Gasteiger partial charge is 0.320 e. The zero-order valence-corrected chi connectivity index (χ0v) is 18.8. The van der Waals surface area contributed by atoms with Crippen LogP contribution in [0.15, 0.2) is 12.7 Å². The van der Waals surface area contributed by atoms with Crippen LogP contribution in [0.5, 0.6) is 0 Å². The van der Waals surface area contributed by atoms with Gasteiger partial charge in [0.15, 0.2) is 17.7 Å². The van der Waals surface area contributed by atoms with Crippen LogP contribution < -0.4 is 16.6 Å². The first-order chi connectivity index (χ1) is 14.5. The Labute approximate surface area is 198 Å². The van der Waals surface area contributed by atoms with Gasteiger partial charge < -0.3 is 41.4 Å². The molecule has 173 valence electrons. The van der Waals surface area contributed by atoms with Gasteiger partial charge in [0.05, 0.1) is 12.6 Å². The van der Waals surface area contributed by atoms with E-state index in [-0.39, 0.29) is 35.6 Å². The zero-order valence-electron chi connectivity index (χ0n) is 18.0. The van der Waals surface area contributed by atoms with Gasteiger partial charge in [0.1, 0.15) is 47.7 Å². The molecule has 2 aromatic rings.